The number of benzene rings is 2. The topological polar surface area (TPSA) is 110 Å². The predicted molar refractivity (Wildman–Crippen MR) is 166 cm³/mol. The van der Waals surface area contributed by atoms with Gasteiger partial charge in [0.05, 0.1) is 11.6 Å². The van der Waals surface area contributed by atoms with Crippen molar-refractivity contribution in [1.82, 2.24) is 9.97 Å². The van der Waals surface area contributed by atoms with Gasteiger partial charge < -0.3 is 4.98 Å². The molecular formula is C34H30ClF2N5O3. The number of anilines is 2. The van der Waals surface area contributed by atoms with E-state index in [4.69, 9.17) is 11.6 Å². The first-order valence-electron chi connectivity index (χ1n) is 14.9. The molecular weight excluding hydrogens is 600 g/mol. The van der Waals surface area contributed by atoms with Gasteiger partial charge in [0.2, 0.25) is 17.7 Å². The van der Waals surface area contributed by atoms with Gasteiger partial charge in [-0.3, -0.25) is 24.2 Å². The number of fused-ring (bicyclic) bond motifs is 1. The van der Waals surface area contributed by atoms with Crippen LogP contribution in [0.3, 0.4) is 0 Å². The highest BCUT2D eigenvalue weighted by atomic mass is 35.5. The third kappa shape index (κ3) is 6.31. The first-order chi connectivity index (χ1) is 21.6. The Morgan fingerprint density at radius 2 is 1.96 bits per heavy atom. The molecule has 1 aliphatic carbocycles. The molecule has 45 heavy (non-hydrogen) atoms. The number of aromatic amines is 1. The van der Waals surface area contributed by atoms with Crippen LogP contribution in [0.25, 0.3) is 10.9 Å². The molecule has 1 N–H and O–H groups in total. The van der Waals surface area contributed by atoms with Crippen molar-refractivity contribution < 1.29 is 23.2 Å². The van der Waals surface area contributed by atoms with Gasteiger partial charge in [0.25, 0.3) is 0 Å². The van der Waals surface area contributed by atoms with Crippen molar-refractivity contribution in [1.29, 1.82) is 5.26 Å². The fraction of sp³-hybridized carbons (Fsp3) is 0.324. The number of amides is 2. The lowest BCUT2D eigenvalue weighted by Crippen LogP contribution is -2.44. The van der Waals surface area contributed by atoms with E-state index in [1.54, 1.807) is 36.5 Å². The Morgan fingerprint density at radius 3 is 2.71 bits per heavy atom. The van der Waals surface area contributed by atoms with Gasteiger partial charge >= 0.3 is 0 Å². The van der Waals surface area contributed by atoms with E-state index in [1.165, 1.54) is 28.1 Å². The Bertz CT molecular complexity index is 1810. The molecule has 1 unspecified atom stereocenters. The van der Waals surface area contributed by atoms with E-state index in [0.717, 1.165) is 10.9 Å². The van der Waals surface area contributed by atoms with E-state index in [0.29, 0.717) is 28.3 Å². The monoisotopic (exact) mass is 629 g/mol. The van der Waals surface area contributed by atoms with Crippen LogP contribution in [0.5, 0.6) is 0 Å². The van der Waals surface area contributed by atoms with Gasteiger partial charge in [0, 0.05) is 77.7 Å². The molecule has 3 heterocycles. The summed E-state index contributed by atoms with van der Waals surface area (Å²) < 4.78 is 27.1. The minimum Gasteiger partial charge on any atom is -0.361 e. The molecule has 8 nitrogen and oxygen atoms in total. The summed E-state index contributed by atoms with van der Waals surface area (Å²) in [5.41, 5.74) is 2.06. The third-order valence-electron chi connectivity index (χ3n) is 8.68. The van der Waals surface area contributed by atoms with Gasteiger partial charge in [-0.25, -0.2) is 13.8 Å². The van der Waals surface area contributed by atoms with E-state index in [-0.39, 0.29) is 62.0 Å². The number of nitriles is 1. The van der Waals surface area contributed by atoms with Crippen molar-refractivity contribution >= 4 is 51.6 Å². The summed E-state index contributed by atoms with van der Waals surface area (Å²) in [4.78, 5) is 52.0. The number of carbonyl (C=O) groups is 3. The minimum absolute atomic E-state index is 0.00821. The number of halogens is 3. The lowest BCUT2D eigenvalue weighted by molar-refractivity contribution is -0.128. The molecule has 2 aromatic heterocycles. The number of aromatic nitrogens is 2. The Labute approximate surface area is 263 Å². The fourth-order valence-electron chi connectivity index (χ4n) is 6.42. The maximum atomic E-state index is 14.5. The number of nitrogens with zero attached hydrogens (tertiary/aromatic N) is 4. The molecule has 2 aliphatic rings. The van der Waals surface area contributed by atoms with E-state index in [2.05, 4.69) is 9.97 Å². The number of hydrogen-bond acceptors (Lipinski definition) is 5. The molecule has 230 valence electrons. The largest absolute Gasteiger partial charge is 0.361 e. The second-order valence-corrected chi connectivity index (χ2v) is 12.2. The first-order valence-corrected chi connectivity index (χ1v) is 15.2. The second-order valence-electron chi connectivity index (χ2n) is 11.7. The van der Waals surface area contributed by atoms with Crippen LogP contribution in [0, 0.1) is 17.2 Å². The average Bonchev–Trinajstić information content (AvgIpc) is 3.63. The summed E-state index contributed by atoms with van der Waals surface area (Å²) in [7, 11) is 0. The highest BCUT2D eigenvalue weighted by molar-refractivity contribution is 6.31. The zero-order chi connectivity index (χ0) is 31.7. The lowest BCUT2D eigenvalue weighted by atomic mass is 9.77. The number of ketones is 1. The summed E-state index contributed by atoms with van der Waals surface area (Å²) in [5.74, 6) is -3.64. The van der Waals surface area contributed by atoms with Crippen molar-refractivity contribution in [2.24, 2.45) is 5.92 Å². The molecule has 1 saturated carbocycles. The number of pyridine rings is 1. The van der Waals surface area contributed by atoms with Gasteiger partial charge in [-0.05, 0) is 61.2 Å². The number of rotatable bonds is 10. The van der Waals surface area contributed by atoms with Crippen molar-refractivity contribution in [3.8, 4) is 6.07 Å². The SMILES string of the molecule is N#Cc1ccnc(N2C(=O)CCC2CC(=O)N(c2ccc3[nH]ccc3c2)[C@H](C(=O)CCC2CC(F)(F)C2)c2ccccc2Cl)c1. The van der Waals surface area contributed by atoms with Crippen LogP contribution >= 0.6 is 11.6 Å². The second kappa shape index (κ2) is 12.4. The molecule has 4 aromatic rings. The Morgan fingerprint density at radius 1 is 1.16 bits per heavy atom. The van der Waals surface area contributed by atoms with Gasteiger partial charge in [-0.15, -0.1) is 0 Å². The summed E-state index contributed by atoms with van der Waals surface area (Å²) >= 11 is 6.65. The van der Waals surface area contributed by atoms with Crippen LogP contribution in [0.4, 0.5) is 20.3 Å². The molecule has 0 spiro atoms. The standard InChI is InChI=1S/C34H30ClF2N5O3/c35-27-4-2-1-3-26(27)33(29(43)9-5-22-18-34(36,37)19-22)42(24-6-8-28-23(16-24)12-14-39-28)32(45)17-25-7-10-31(44)41(25)30-15-21(20-38)11-13-40-30/h1-4,6,8,11-16,22,25,33,39H,5,7,9-10,17-19H2/t25?,33-/m0/s1. The molecule has 2 aromatic carbocycles. The Hall–Kier alpha value is -4.62. The van der Waals surface area contributed by atoms with Crippen LogP contribution in [0.15, 0.2) is 73.1 Å². The van der Waals surface area contributed by atoms with Crippen LogP contribution in [0.1, 0.15) is 62.1 Å². The number of alkyl halides is 2. The van der Waals surface area contributed by atoms with Gasteiger partial charge in [0.15, 0.2) is 5.78 Å². The van der Waals surface area contributed by atoms with E-state index < -0.39 is 23.9 Å². The van der Waals surface area contributed by atoms with Crippen LogP contribution in [-0.4, -0.2) is 39.5 Å². The van der Waals surface area contributed by atoms with E-state index >= 15 is 0 Å². The summed E-state index contributed by atoms with van der Waals surface area (Å²) in [6, 6.07) is 17.4. The molecule has 6 rings (SSSR count). The molecule has 0 radical (unpaired) electrons. The molecule has 2 amide bonds. The quantitative estimate of drug-likeness (QED) is 0.200. The third-order valence-corrected chi connectivity index (χ3v) is 9.02. The van der Waals surface area contributed by atoms with Crippen molar-refractivity contribution in [3.05, 3.63) is 89.2 Å². The molecule has 1 saturated heterocycles. The Balaban J connectivity index is 1.37. The molecule has 2 atom stereocenters. The van der Waals surface area contributed by atoms with Crippen molar-refractivity contribution in [3.63, 3.8) is 0 Å². The van der Waals surface area contributed by atoms with Gasteiger partial charge in [-0.1, -0.05) is 29.8 Å². The normalized spacial score (nSPS) is 18.4. The van der Waals surface area contributed by atoms with Crippen molar-refractivity contribution in [2.45, 2.75) is 63.0 Å². The molecule has 11 heteroatoms. The number of nitrogens with one attached hydrogen (secondary N) is 1. The first kappa shape index (κ1) is 30.4. The van der Waals surface area contributed by atoms with E-state index in [1.807, 2.05) is 24.3 Å². The highest BCUT2D eigenvalue weighted by Crippen LogP contribution is 2.45. The number of hydrogen-bond donors (Lipinski definition) is 1. The molecule has 0 bridgehead atoms. The number of carbonyl (C=O) groups excluding carboxylic acids is 3. The number of H-pyrrole nitrogens is 1. The minimum atomic E-state index is -2.70. The molecule has 1 aliphatic heterocycles. The smallest absolute Gasteiger partial charge is 0.248 e. The molecule has 2 fully saturated rings. The predicted octanol–water partition coefficient (Wildman–Crippen LogP) is 7.14. The van der Waals surface area contributed by atoms with Gasteiger partial charge in [0.1, 0.15) is 11.9 Å². The maximum absolute atomic E-state index is 14.5. The van der Waals surface area contributed by atoms with Crippen LogP contribution < -0.4 is 9.80 Å². The van der Waals surface area contributed by atoms with Crippen LogP contribution in [-0.2, 0) is 14.4 Å². The lowest BCUT2D eigenvalue weighted by Gasteiger charge is -2.36. The van der Waals surface area contributed by atoms with E-state index in [9.17, 15) is 28.4 Å². The fourth-order valence-corrected chi connectivity index (χ4v) is 6.66. The summed E-state index contributed by atoms with van der Waals surface area (Å²) in [6.07, 6.45) is 3.44. The Kier molecular flexibility index (Phi) is 8.38. The number of Topliss-reactive ketones (excluding diaryl/α,β-unsaturated/α-hetero) is 1. The summed E-state index contributed by atoms with van der Waals surface area (Å²) in [5, 5.41) is 10.5. The average molecular weight is 630 g/mol. The zero-order valence-corrected chi connectivity index (χ0v) is 25.0. The van der Waals surface area contributed by atoms with Crippen LogP contribution in [0.2, 0.25) is 5.02 Å². The summed E-state index contributed by atoms with van der Waals surface area (Å²) in [6.45, 7) is 0. The highest BCUT2D eigenvalue weighted by Gasteiger charge is 2.45. The maximum Gasteiger partial charge on any atom is 0.248 e. The zero-order valence-electron chi connectivity index (χ0n) is 24.3. The van der Waals surface area contributed by atoms with Crippen molar-refractivity contribution in [2.75, 3.05) is 9.80 Å². The van der Waals surface area contributed by atoms with Gasteiger partial charge in [-0.2, -0.15) is 5.26 Å².